The molecule has 2 aromatic carbocycles. The van der Waals surface area contributed by atoms with Crippen LogP contribution in [0.1, 0.15) is 11.1 Å². The Morgan fingerprint density at radius 1 is 1.36 bits per heavy atom. The third kappa shape index (κ3) is 3.72. The minimum absolute atomic E-state index is 0.0266. The fraction of sp³-hybridized carbons (Fsp3) is 0.133. The van der Waals surface area contributed by atoms with Crippen molar-refractivity contribution in [3.8, 4) is 11.5 Å². The molecule has 0 aliphatic rings. The van der Waals surface area contributed by atoms with E-state index in [1.807, 2.05) is 30.3 Å². The van der Waals surface area contributed by atoms with E-state index in [9.17, 15) is 15.2 Å². The van der Waals surface area contributed by atoms with Gasteiger partial charge in [-0.25, -0.2) is 0 Å². The van der Waals surface area contributed by atoms with Gasteiger partial charge < -0.3 is 15.3 Å². The van der Waals surface area contributed by atoms with Crippen LogP contribution in [0.4, 0.5) is 5.69 Å². The van der Waals surface area contributed by atoms with Crippen LogP contribution in [-0.4, -0.2) is 23.4 Å². The van der Waals surface area contributed by atoms with Crippen molar-refractivity contribution in [1.82, 2.24) is 5.43 Å². The van der Waals surface area contributed by atoms with Gasteiger partial charge in [-0.15, -0.1) is 0 Å². The van der Waals surface area contributed by atoms with E-state index >= 15 is 0 Å². The Morgan fingerprint density at radius 3 is 2.73 bits per heavy atom. The average Bonchev–Trinajstić information content (AvgIpc) is 2.53. The van der Waals surface area contributed by atoms with Crippen molar-refractivity contribution in [2.75, 3.05) is 7.11 Å². The molecule has 114 valence electrons. The molecular weight excluding hydrogens is 286 g/mol. The van der Waals surface area contributed by atoms with E-state index in [1.54, 1.807) is 0 Å². The molecule has 0 saturated carbocycles. The summed E-state index contributed by atoms with van der Waals surface area (Å²) < 4.78 is 4.92. The molecule has 0 heterocycles. The molecular formula is C15H15N3O4. The van der Waals surface area contributed by atoms with E-state index < -0.39 is 4.92 Å². The predicted molar refractivity (Wildman–Crippen MR) is 82.2 cm³/mol. The molecule has 0 amide bonds. The summed E-state index contributed by atoms with van der Waals surface area (Å²) in [6, 6.07) is 12.0. The molecule has 0 aromatic heterocycles. The Balaban J connectivity index is 2.12. The molecule has 7 heteroatoms. The summed E-state index contributed by atoms with van der Waals surface area (Å²) in [7, 11) is 1.33. The summed E-state index contributed by atoms with van der Waals surface area (Å²) in [5.74, 6) is -0.169. The lowest BCUT2D eigenvalue weighted by Gasteiger charge is -2.06. The van der Waals surface area contributed by atoms with Crippen LogP contribution in [0.15, 0.2) is 47.6 Å². The van der Waals surface area contributed by atoms with Crippen molar-refractivity contribution in [1.29, 1.82) is 0 Å². The molecule has 0 atom stereocenters. The average molecular weight is 301 g/mol. The zero-order valence-corrected chi connectivity index (χ0v) is 11.9. The maximum absolute atomic E-state index is 10.9. The lowest BCUT2D eigenvalue weighted by molar-refractivity contribution is -0.385. The lowest BCUT2D eigenvalue weighted by Crippen LogP contribution is -2.05. The van der Waals surface area contributed by atoms with Gasteiger partial charge in [-0.2, -0.15) is 5.10 Å². The van der Waals surface area contributed by atoms with Crippen molar-refractivity contribution in [2.24, 2.45) is 5.10 Å². The smallest absolute Gasteiger partial charge is 0.274 e. The summed E-state index contributed by atoms with van der Waals surface area (Å²) in [5, 5.41) is 24.8. The maximum atomic E-state index is 10.9. The van der Waals surface area contributed by atoms with Crippen LogP contribution in [0.25, 0.3) is 0 Å². The van der Waals surface area contributed by atoms with E-state index in [4.69, 9.17) is 4.74 Å². The van der Waals surface area contributed by atoms with Gasteiger partial charge in [0.25, 0.3) is 5.69 Å². The third-order valence-corrected chi connectivity index (χ3v) is 2.94. The highest BCUT2D eigenvalue weighted by molar-refractivity contribution is 5.86. The number of methoxy groups -OCH3 is 1. The first-order valence-electron chi connectivity index (χ1n) is 6.47. The summed E-state index contributed by atoms with van der Waals surface area (Å²) in [6.07, 6.45) is 1.31. The summed E-state index contributed by atoms with van der Waals surface area (Å²) in [5.41, 5.74) is 3.87. The zero-order valence-electron chi connectivity index (χ0n) is 11.9. The monoisotopic (exact) mass is 301 g/mol. The van der Waals surface area contributed by atoms with E-state index in [2.05, 4.69) is 10.5 Å². The largest absolute Gasteiger partial charge is 0.504 e. The van der Waals surface area contributed by atoms with Crippen LogP contribution < -0.4 is 10.2 Å². The number of hydrogen-bond acceptors (Lipinski definition) is 6. The molecule has 0 bridgehead atoms. The van der Waals surface area contributed by atoms with Crippen LogP contribution >= 0.6 is 0 Å². The summed E-state index contributed by atoms with van der Waals surface area (Å²) in [4.78, 5) is 10.3. The Bertz CT molecular complexity index is 687. The van der Waals surface area contributed by atoms with E-state index in [1.165, 1.54) is 19.4 Å². The predicted octanol–water partition coefficient (Wildman–Crippen LogP) is 2.43. The third-order valence-electron chi connectivity index (χ3n) is 2.94. The van der Waals surface area contributed by atoms with Gasteiger partial charge in [0.1, 0.15) is 0 Å². The Morgan fingerprint density at radius 2 is 2.09 bits per heavy atom. The number of nitrogens with zero attached hydrogens (tertiary/aromatic N) is 2. The maximum Gasteiger partial charge on any atom is 0.274 e. The number of nitro groups is 1. The number of nitro benzene ring substituents is 1. The molecule has 2 rings (SSSR count). The Kier molecular flexibility index (Phi) is 4.92. The van der Waals surface area contributed by atoms with Gasteiger partial charge >= 0.3 is 0 Å². The molecule has 0 unspecified atom stereocenters. The molecule has 0 saturated heterocycles. The minimum Gasteiger partial charge on any atom is -0.504 e. The van der Waals surface area contributed by atoms with Crippen molar-refractivity contribution < 1.29 is 14.8 Å². The minimum atomic E-state index is -0.559. The number of benzene rings is 2. The van der Waals surface area contributed by atoms with Crippen LogP contribution in [0.5, 0.6) is 11.5 Å². The van der Waals surface area contributed by atoms with Crippen molar-refractivity contribution in [3.05, 3.63) is 63.7 Å². The first kappa shape index (κ1) is 15.3. The van der Waals surface area contributed by atoms with Gasteiger partial charge in [0, 0.05) is 11.6 Å². The first-order chi connectivity index (χ1) is 10.6. The highest BCUT2D eigenvalue weighted by Gasteiger charge is 2.15. The van der Waals surface area contributed by atoms with E-state index in [-0.39, 0.29) is 22.7 Å². The quantitative estimate of drug-likeness (QED) is 0.485. The number of phenols is 1. The van der Waals surface area contributed by atoms with Crippen molar-refractivity contribution >= 4 is 11.9 Å². The Hall–Kier alpha value is -3.09. The molecule has 0 spiro atoms. The van der Waals surface area contributed by atoms with Crippen LogP contribution in [-0.2, 0) is 6.54 Å². The lowest BCUT2D eigenvalue weighted by atomic mass is 10.2. The van der Waals surface area contributed by atoms with E-state index in [0.717, 1.165) is 11.6 Å². The molecule has 7 nitrogen and oxygen atoms in total. The van der Waals surface area contributed by atoms with Crippen molar-refractivity contribution in [2.45, 2.75) is 6.54 Å². The number of nitrogens with one attached hydrogen (secondary N) is 1. The second kappa shape index (κ2) is 7.07. The highest BCUT2D eigenvalue weighted by Crippen LogP contribution is 2.33. The normalized spacial score (nSPS) is 10.6. The zero-order chi connectivity index (χ0) is 15.9. The van der Waals surface area contributed by atoms with Gasteiger partial charge in [-0.3, -0.25) is 10.1 Å². The standard InChI is InChI=1S/C15H15N3O4/c1-22-14-8-13(18(20)21)7-12(15(14)19)10-17-16-9-11-5-3-2-4-6-11/h2-8,10,16,19H,9H2,1H3. The van der Waals surface area contributed by atoms with Gasteiger partial charge in [0.2, 0.25) is 0 Å². The molecule has 2 aromatic rings. The fourth-order valence-electron chi connectivity index (χ4n) is 1.82. The van der Waals surface area contributed by atoms with Gasteiger partial charge in [0.15, 0.2) is 11.5 Å². The summed E-state index contributed by atoms with van der Waals surface area (Å²) in [6.45, 7) is 0.504. The molecule has 0 radical (unpaired) electrons. The van der Waals surface area contributed by atoms with Gasteiger partial charge in [-0.1, -0.05) is 30.3 Å². The summed E-state index contributed by atoms with van der Waals surface area (Å²) >= 11 is 0. The van der Waals surface area contributed by atoms with Crippen LogP contribution in [0.3, 0.4) is 0 Å². The molecule has 0 aliphatic carbocycles. The molecule has 22 heavy (non-hydrogen) atoms. The number of phenolic OH excluding ortho intramolecular Hbond substituents is 1. The van der Waals surface area contributed by atoms with E-state index in [0.29, 0.717) is 6.54 Å². The van der Waals surface area contributed by atoms with Gasteiger partial charge in [-0.05, 0) is 5.56 Å². The Labute approximate surface area is 127 Å². The first-order valence-corrected chi connectivity index (χ1v) is 6.47. The number of ether oxygens (including phenoxy) is 1. The molecule has 0 fully saturated rings. The number of rotatable bonds is 6. The second-order valence-electron chi connectivity index (χ2n) is 4.42. The van der Waals surface area contributed by atoms with Crippen LogP contribution in [0.2, 0.25) is 0 Å². The van der Waals surface area contributed by atoms with Crippen molar-refractivity contribution in [3.63, 3.8) is 0 Å². The number of aromatic hydroxyl groups is 1. The van der Waals surface area contributed by atoms with Crippen LogP contribution in [0, 0.1) is 10.1 Å². The topological polar surface area (TPSA) is 97.0 Å². The fourth-order valence-corrected chi connectivity index (χ4v) is 1.82. The highest BCUT2D eigenvalue weighted by atomic mass is 16.6. The molecule has 0 aliphatic heterocycles. The number of hydrazone groups is 1. The SMILES string of the molecule is COc1cc([N+](=O)[O-])cc(C=NNCc2ccccc2)c1O. The molecule has 2 N–H and O–H groups in total. The number of hydrogen-bond donors (Lipinski definition) is 2. The number of non-ortho nitro benzene ring substituents is 1. The van der Waals surface area contributed by atoms with Gasteiger partial charge in [0.05, 0.1) is 30.9 Å². The second-order valence-corrected chi connectivity index (χ2v) is 4.42.